The first-order chi connectivity index (χ1) is 12.8. The smallest absolute Gasteiger partial charge is 0.240 e. The van der Waals surface area contributed by atoms with Gasteiger partial charge in [-0.3, -0.25) is 9.59 Å². The minimum Gasteiger partial charge on any atom is -0.335 e. The van der Waals surface area contributed by atoms with Crippen LogP contribution in [-0.2, 0) is 16.1 Å². The normalized spacial score (nSPS) is 14.7. The van der Waals surface area contributed by atoms with Gasteiger partial charge in [-0.2, -0.15) is 0 Å². The first kappa shape index (κ1) is 19.4. The highest BCUT2D eigenvalue weighted by molar-refractivity contribution is 6.31. The third-order valence-electron chi connectivity index (χ3n) is 4.85. The Hall–Kier alpha value is -2.40. The fourth-order valence-corrected chi connectivity index (χ4v) is 3.21. The van der Waals surface area contributed by atoms with Crippen molar-refractivity contribution in [1.29, 1.82) is 0 Å². The minimum absolute atomic E-state index is 0.0387. The van der Waals surface area contributed by atoms with Gasteiger partial charge in [0.05, 0.1) is 5.02 Å². The summed E-state index contributed by atoms with van der Waals surface area (Å²) >= 11 is 5.77. The molecule has 27 heavy (non-hydrogen) atoms. The van der Waals surface area contributed by atoms with Gasteiger partial charge >= 0.3 is 0 Å². The third-order valence-corrected chi connectivity index (χ3v) is 5.14. The minimum atomic E-state index is -1.06. The van der Waals surface area contributed by atoms with Gasteiger partial charge in [-0.25, -0.2) is 4.39 Å². The van der Waals surface area contributed by atoms with E-state index in [0.29, 0.717) is 25.1 Å². The van der Waals surface area contributed by atoms with Crippen LogP contribution < -0.4 is 5.32 Å². The molecule has 1 fully saturated rings. The second kappa shape index (κ2) is 7.69. The number of rotatable bonds is 6. The summed E-state index contributed by atoms with van der Waals surface area (Å²) in [5.41, 5.74) is 0.339. The summed E-state index contributed by atoms with van der Waals surface area (Å²) in [6, 6.07) is 13.6. The lowest BCUT2D eigenvalue weighted by Gasteiger charge is -2.30. The van der Waals surface area contributed by atoms with Crippen LogP contribution in [0.3, 0.4) is 0 Å². The molecule has 0 aromatic heterocycles. The third kappa shape index (κ3) is 4.14. The number of benzene rings is 2. The molecular formula is C21H22ClFN2O2. The first-order valence-electron chi connectivity index (χ1n) is 8.95. The molecular weight excluding hydrogens is 367 g/mol. The molecule has 1 aliphatic carbocycles. The topological polar surface area (TPSA) is 49.4 Å². The lowest BCUT2D eigenvalue weighted by Crippen LogP contribution is -2.45. The average molecular weight is 389 g/mol. The van der Waals surface area contributed by atoms with Crippen LogP contribution in [0, 0.1) is 11.2 Å². The zero-order valence-corrected chi connectivity index (χ0v) is 16.1. The molecule has 0 atom stereocenters. The fourth-order valence-electron chi connectivity index (χ4n) is 3.03. The summed E-state index contributed by atoms with van der Waals surface area (Å²) in [6.45, 7) is 4.33. The van der Waals surface area contributed by atoms with E-state index in [1.54, 1.807) is 4.90 Å². The highest BCUT2D eigenvalue weighted by atomic mass is 35.5. The first-order valence-corrected chi connectivity index (χ1v) is 9.33. The molecule has 2 aromatic rings. The summed E-state index contributed by atoms with van der Waals surface area (Å²) in [4.78, 5) is 27.8. The predicted octanol–water partition coefficient (Wildman–Crippen LogP) is 4.64. The maximum atomic E-state index is 13.3. The Balaban J connectivity index is 1.76. The van der Waals surface area contributed by atoms with Crippen molar-refractivity contribution in [2.75, 3.05) is 5.32 Å². The summed E-state index contributed by atoms with van der Waals surface area (Å²) in [5.74, 6) is -1.10. The average Bonchev–Trinajstić information content (AvgIpc) is 3.45. The zero-order chi connectivity index (χ0) is 19.6. The largest absolute Gasteiger partial charge is 0.335 e. The fraction of sp³-hybridized carbons (Fsp3) is 0.333. The summed E-state index contributed by atoms with van der Waals surface area (Å²) in [6.07, 6.45) is 1.01. The molecule has 0 heterocycles. The summed E-state index contributed by atoms with van der Waals surface area (Å²) in [7, 11) is 0. The standard InChI is InChI=1S/C21H22ClFN2O2/c1-14(2)25(13-15-6-4-3-5-7-15)20(27)21(10-11-21)19(26)24-16-8-9-18(23)17(22)12-16/h3-9,12,14H,10-11,13H2,1-2H3,(H,24,26). The van der Waals surface area contributed by atoms with Crippen LogP contribution in [0.5, 0.6) is 0 Å². The molecule has 0 bridgehead atoms. The van der Waals surface area contributed by atoms with Gasteiger partial charge < -0.3 is 10.2 Å². The number of carbonyl (C=O) groups excluding carboxylic acids is 2. The Kier molecular flexibility index (Phi) is 5.51. The molecule has 0 unspecified atom stereocenters. The Morgan fingerprint density at radius 3 is 2.41 bits per heavy atom. The van der Waals surface area contributed by atoms with Crippen LogP contribution in [-0.4, -0.2) is 22.8 Å². The number of anilines is 1. The van der Waals surface area contributed by atoms with Crippen molar-refractivity contribution in [2.45, 2.75) is 39.3 Å². The molecule has 1 saturated carbocycles. The Morgan fingerprint density at radius 2 is 1.85 bits per heavy atom. The van der Waals surface area contributed by atoms with Crippen molar-refractivity contribution < 1.29 is 14.0 Å². The maximum absolute atomic E-state index is 13.3. The number of carbonyl (C=O) groups is 2. The molecule has 3 rings (SSSR count). The number of hydrogen-bond acceptors (Lipinski definition) is 2. The molecule has 0 radical (unpaired) electrons. The van der Waals surface area contributed by atoms with Crippen LogP contribution in [0.2, 0.25) is 5.02 Å². The lowest BCUT2D eigenvalue weighted by atomic mass is 10.0. The van der Waals surface area contributed by atoms with Gasteiger partial charge in [0.15, 0.2) is 0 Å². The van der Waals surface area contributed by atoms with Crippen molar-refractivity contribution in [3.8, 4) is 0 Å². The number of nitrogens with one attached hydrogen (secondary N) is 1. The molecule has 0 saturated heterocycles. The Bertz CT molecular complexity index is 851. The second-order valence-electron chi connectivity index (χ2n) is 7.18. The number of nitrogens with zero attached hydrogens (tertiary/aromatic N) is 1. The van der Waals surface area contributed by atoms with E-state index in [-0.39, 0.29) is 22.9 Å². The van der Waals surface area contributed by atoms with Crippen molar-refractivity contribution in [3.05, 3.63) is 64.9 Å². The SMILES string of the molecule is CC(C)N(Cc1ccccc1)C(=O)C1(C(=O)Nc2ccc(F)c(Cl)c2)CC1. The van der Waals surface area contributed by atoms with Crippen molar-refractivity contribution >= 4 is 29.1 Å². The van der Waals surface area contributed by atoms with Gasteiger partial charge in [0.1, 0.15) is 11.2 Å². The van der Waals surface area contributed by atoms with Crippen LogP contribution >= 0.6 is 11.6 Å². The van der Waals surface area contributed by atoms with Gasteiger partial charge in [0.2, 0.25) is 11.8 Å². The molecule has 2 amide bonds. The van der Waals surface area contributed by atoms with Gasteiger partial charge in [-0.1, -0.05) is 41.9 Å². The number of halogens is 2. The van der Waals surface area contributed by atoms with E-state index < -0.39 is 11.2 Å². The van der Waals surface area contributed by atoms with Crippen LogP contribution in [0.4, 0.5) is 10.1 Å². The molecule has 142 valence electrons. The lowest BCUT2D eigenvalue weighted by molar-refractivity contribution is -0.144. The molecule has 0 spiro atoms. The molecule has 1 N–H and O–H groups in total. The quantitative estimate of drug-likeness (QED) is 0.733. The number of hydrogen-bond donors (Lipinski definition) is 1. The molecule has 1 aliphatic rings. The molecule has 0 aliphatic heterocycles. The molecule has 4 nitrogen and oxygen atoms in total. The van der Waals surface area contributed by atoms with E-state index in [4.69, 9.17) is 11.6 Å². The van der Waals surface area contributed by atoms with E-state index in [1.165, 1.54) is 18.2 Å². The highest BCUT2D eigenvalue weighted by Gasteiger charge is 2.58. The maximum Gasteiger partial charge on any atom is 0.240 e. The van der Waals surface area contributed by atoms with E-state index in [9.17, 15) is 14.0 Å². The van der Waals surface area contributed by atoms with E-state index in [2.05, 4.69) is 5.32 Å². The van der Waals surface area contributed by atoms with Gasteiger partial charge in [-0.05, 0) is 50.5 Å². The Labute approximate surface area is 163 Å². The van der Waals surface area contributed by atoms with Crippen molar-refractivity contribution in [2.24, 2.45) is 5.41 Å². The predicted molar refractivity (Wildman–Crippen MR) is 104 cm³/mol. The summed E-state index contributed by atoms with van der Waals surface area (Å²) < 4.78 is 13.3. The van der Waals surface area contributed by atoms with Crippen LogP contribution in [0.15, 0.2) is 48.5 Å². The van der Waals surface area contributed by atoms with Crippen LogP contribution in [0.1, 0.15) is 32.3 Å². The van der Waals surface area contributed by atoms with E-state index in [1.807, 2.05) is 44.2 Å². The van der Waals surface area contributed by atoms with E-state index in [0.717, 1.165) is 5.56 Å². The van der Waals surface area contributed by atoms with Crippen molar-refractivity contribution in [3.63, 3.8) is 0 Å². The zero-order valence-electron chi connectivity index (χ0n) is 15.3. The van der Waals surface area contributed by atoms with Gasteiger partial charge in [0, 0.05) is 18.3 Å². The Morgan fingerprint density at radius 1 is 1.19 bits per heavy atom. The van der Waals surface area contributed by atoms with Crippen LogP contribution in [0.25, 0.3) is 0 Å². The van der Waals surface area contributed by atoms with E-state index >= 15 is 0 Å². The second-order valence-corrected chi connectivity index (χ2v) is 7.58. The highest BCUT2D eigenvalue weighted by Crippen LogP contribution is 2.48. The molecule has 6 heteroatoms. The van der Waals surface area contributed by atoms with Crippen molar-refractivity contribution in [1.82, 2.24) is 4.90 Å². The summed E-state index contributed by atoms with van der Waals surface area (Å²) in [5, 5.41) is 2.64. The monoisotopic (exact) mass is 388 g/mol. The van der Waals surface area contributed by atoms with Gasteiger partial charge in [0.25, 0.3) is 0 Å². The number of amides is 2. The molecule has 2 aromatic carbocycles. The van der Waals surface area contributed by atoms with Gasteiger partial charge in [-0.15, -0.1) is 0 Å².